The summed E-state index contributed by atoms with van der Waals surface area (Å²) in [6, 6.07) is 12.5. The second-order valence-corrected chi connectivity index (χ2v) is 14.9. The van der Waals surface area contributed by atoms with Crippen LogP contribution in [-0.4, -0.2) is 86.3 Å². The highest BCUT2D eigenvalue weighted by Gasteiger charge is 2.76. The van der Waals surface area contributed by atoms with Crippen LogP contribution in [0.2, 0.25) is 0 Å². The van der Waals surface area contributed by atoms with Crippen LogP contribution >= 0.6 is 27.7 Å². The zero-order valence-electron chi connectivity index (χ0n) is 24.5. The molecule has 3 heterocycles. The number of hydrogen-bond donors (Lipinski definition) is 1. The number of fused-ring (bicyclic) bond motifs is 2. The van der Waals surface area contributed by atoms with Crippen LogP contribution in [0, 0.1) is 17.8 Å². The molecule has 7 atom stereocenters. The largest absolute Gasteiger partial charge is 0.394 e. The number of nitrogens with zero attached hydrogens (tertiary/aromatic N) is 3. The first kappa shape index (κ1) is 30.8. The van der Waals surface area contributed by atoms with Gasteiger partial charge in [-0.25, -0.2) is 0 Å². The zero-order valence-corrected chi connectivity index (χ0v) is 26.9. The van der Waals surface area contributed by atoms with Crippen molar-refractivity contribution in [1.29, 1.82) is 0 Å². The number of likely N-dealkylation sites (N-methyl/N-ethyl adjacent to an activating group) is 1. The van der Waals surface area contributed by atoms with E-state index in [9.17, 15) is 19.5 Å². The molecule has 2 aromatic rings. The fourth-order valence-corrected chi connectivity index (χ4v) is 10.9. The smallest absolute Gasteiger partial charge is 0.251 e. The number of hydrogen-bond acceptors (Lipinski definition) is 5. The van der Waals surface area contributed by atoms with Crippen molar-refractivity contribution in [2.24, 2.45) is 17.8 Å². The summed E-state index contributed by atoms with van der Waals surface area (Å²) in [6.45, 7) is 12.2. The summed E-state index contributed by atoms with van der Waals surface area (Å²) in [7, 11) is 1.73. The minimum absolute atomic E-state index is 0.0286. The van der Waals surface area contributed by atoms with E-state index in [2.05, 4.69) is 29.1 Å². The lowest BCUT2D eigenvalue weighted by molar-refractivity contribution is -0.145. The second kappa shape index (κ2) is 12.2. The Hall–Kier alpha value is -2.62. The topological polar surface area (TPSA) is 81.2 Å². The molecule has 1 N–H and O–H groups in total. The molecule has 224 valence electrons. The predicted octanol–water partition coefficient (Wildman–Crippen LogP) is 4.87. The van der Waals surface area contributed by atoms with Crippen LogP contribution in [-0.2, 0) is 14.4 Å². The van der Waals surface area contributed by atoms with E-state index in [1.54, 1.807) is 45.7 Å². The van der Waals surface area contributed by atoms with Gasteiger partial charge in [-0.05, 0) is 41.7 Å². The van der Waals surface area contributed by atoms with Crippen LogP contribution < -0.4 is 4.90 Å². The van der Waals surface area contributed by atoms with E-state index >= 15 is 0 Å². The van der Waals surface area contributed by atoms with Crippen molar-refractivity contribution >= 4 is 61.9 Å². The minimum atomic E-state index is -0.838. The number of thioether (sulfide) groups is 1. The van der Waals surface area contributed by atoms with E-state index in [-0.39, 0.29) is 46.9 Å². The monoisotopic (exact) mass is 653 g/mol. The number of benzene rings is 2. The van der Waals surface area contributed by atoms with Gasteiger partial charge in [-0.1, -0.05) is 72.3 Å². The molecule has 3 aliphatic rings. The molecule has 3 fully saturated rings. The lowest BCUT2D eigenvalue weighted by Gasteiger charge is -2.40. The maximum Gasteiger partial charge on any atom is 0.251 e. The highest BCUT2D eigenvalue weighted by atomic mass is 79.9. The van der Waals surface area contributed by atoms with Gasteiger partial charge in [0, 0.05) is 35.9 Å². The molecule has 0 saturated carbocycles. The number of carbonyl (C=O) groups excluding carboxylic acids is 3. The van der Waals surface area contributed by atoms with Crippen molar-refractivity contribution in [3.63, 3.8) is 0 Å². The summed E-state index contributed by atoms with van der Waals surface area (Å²) in [6.07, 6.45) is 4.51. The number of rotatable bonds is 11. The molecule has 2 aromatic carbocycles. The first-order valence-corrected chi connectivity index (χ1v) is 16.4. The van der Waals surface area contributed by atoms with Gasteiger partial charge in [0.05, 0.1) is 29.2 Å². The quantitative estimate of drug-likeness (QED) is 0.276. The van der Waals surface area contributed by atoms with Gasteiger partial charge in [0.2, 0.25) is 11.8 Å². The molecule has 3 saturated heterocycles. The standard InChI is InChI=1S/C33H40BrN3O4S/c1-6-14-35(5)30(39)26-27-31(40)37(24(19-38)16-20(3)4)29(33(27)18-25(34)28(26)42-33)32(41)36(15-7-2)23-13-12-21-10-8-9-11-22(21)17-23/h6-13,17,20,24-29,38H,1-2,14-16,18-19H2,3-5H3/t24-,25?,26+,27+,28+,29?,33?/m1/s1. The molecular weight excluding hydrogens is 614 g/mol. The van der Waals surface area contributed by atoms with Crippen molar-refractivity contribution in [2.75, 3.05) is 31.6 Å². The van der Waals surface area contributed by atoms with Crippen molar-refractivity contribution in [1.82, 2.24) is 9.80 Å². The summed E-state index contributed by atoms with van der Waals surface area (Å²) in [5.41, 5.74) is 0.724. The molecule has 0 aromatic heterocycles. The first-order chi connectivity index (χ1) is 20.1. The highest BCUT2D eigenvalue weighted by Crippen LogP contribution is 2.68. The summed E-state index contributed by atoms with van der Waals surface area (Å²) >= 11 is 5.46. The first-order valence-electron chi connectivity index (χ1n) is 14.6. The van der Waals surface area contributed by atoms with Gasteiger partial charge in [-0.2, -0.15) is 0 Å². The number of anilines is 1. The summed E-state index contributed by atoms with van der Waals surface area (Å²) in [4.78, 5) is 48.3. The van der Waals surface area contributed by atoms with Crippen LogP contribution in [0.25, 0.3) is 10.8 Å². The molecule has 3 unspecified atom stereocenters. The number of amides is 3. The van der Waals surface area contributed by atoms with Crippen molar-refractivity contribution in [2.45, 2.75) is 53.6 Å². The number of aliphatic hydroxyl groups excluding tert-OH is 1. The van der Waals surface area contributed by atoms with Crippen molar-refractivity contribution in [3.8, 4) is 0 Å². The molecule has 1 spiro atoms. The summed E-state index contributed by atoms with van der Waals surface area (Å²) in [5, 5.41) is 12.5. The predicted molar refractivity (Wildman–Crippen MR) is 174 cm³/mol. The maximum absolute atomic E-state index is 14.9. The van der Waals surface area contributed by atoms with E-state index < -0.39 is 28.7 Å². The number of likely N-dealkylation sites (tertiary alicyclic amines) is 1. The minimum Gasteiger partial charge on any atom is -0.394 e. The second-order valence-electron chi connectivity index (χ2n) is 12.2. The summed E-state index contributed by atoms with van der Waals surface area (Å²) < 4.78 is -0.803. The number of carbonyl (C=O) groups is 3. The van der Waals surface area contributed by atoms with Crippen LogP contribution in [0.15, 0.2) is 67.8 Å². The Morgan fingerprint density at radius 3 is 2.48 bits per heavy atom. The Labute approximate surface area is 261 Å². The Morgan fingerprint density at radius 2 is 1.83 bits per heavy atom. The van der Waals surface area contributed by atoms with Crippen LogP contribution in [0.5, 0.6) is 0 Å². The van der Waals surface area contributed by atoms with E-state index in [0.29, 0.717) is 19.4 Å². The van der Waals surface area contributed by atoms with Gasteiger partial charge in [0.25, 0.3) is 5.91 Å². The maximum atomic E-state index is 14.9. The zero-order chi connectivity index (χ0) is 30.3. The van der Waals surface area contributed by atoms with E-state index in [1.165, 1.54) is 0 Å². The fraction of sp³-hybridized carbons (Fsp3) is 0.485. The average Bonchev–Trinajstić information content (AvgIpc) is 3.56. The lowest BCUT2D eigenvalue weighted by Crippen LogP contribution is -2.58. The van der Waals surface area contributed by atoms with E-state index in [1.807, 2.05) is 56.3 Å². The van der Waals surface area contributed by atoms with Crippen LogP contribution in [0.4, 0.5) is 5.69 Å². The van der Waals surface area contributed by atoms with Gasteiger partial charge in [0.1, 0.15) is 6.04 Å². The molecule has 2 bridgehead atoms. The van der Waals surface area contributed by atoms with Crippen molar-refractivity contribution < 1.29 is 19.5 Å². The average molecular weight is 655 g/mol. The molecule has 5 rings (SSSR count). The normalized spacial score (nSPS) is 28.7. The third-order valence-corrected chi connectivity index (χ3v) is 12.2. The molecule has 9 heteroatoms. The Kier molecular flexibility index (Phi) is 8.93. The Bertz CT molecular complexity index is 1400. The number of alkyl halides is 1. The molecular formula is C33H40BrN3O4S. The number of halogens is 1. The van der Waals surface area contributed by atoms with Gasteiger partial charge in [0.15, 0.2) is 0 Å². The third-order valence-electron chi connectivity index (χ3n) is 9.00. The summed E-state index contributed by atoms with van der Waals surface area (Å²) in [5.74, 6) is -1.55. The van der Waals surface area contributed by atoms with E-state index in [4.69, 9.17) is 0 Å². The van der Waals surface area contributed by atoms with Gasteiger partial charge in [-0.15, -0.1) is 24.9 Å². The Morgan fingerprint density at radius 1 is 1.14 bits per heavy atom. The molecule has 42 heavy (non-hydrogen) atoms. The molecule has 3 aliphatic heterocycles. The van der Waals surface area contributed by atoms with Gasteiger partial charge in [-0.3, -0.25) is 14.4 Å². The van der Waals surface area contributed by atoms with E-state index in [0.717, 1.165) is 16.5 Å². The van der Waals surface area contributed by atoms with Crippen LogP contribution in [0.3, 0.4) is 0 Å². The molecule has 0 aliphatic carbocycles. The SMILES string of the molecule is C=CCN(C)C(=O)[C@H]1[C@H]2C(=O)N([C@@H](CO)CC(C)C)C(C(=O)N(CC=C)c3ccc4ccccc4c3)C23CC(Br)[C@@H]1S3. The molecule has 3 amide bonds. The highest BCUT2D eigenvalue weighted by molar-refractivity contribution is 9.09. The molecule has 0 radical (unpaired) electrons. The fourth-order valence-electron chi connectivity index (χ4n) is 7.32. The Balaban J connectivity index is 1.63. The third kappa shape index (κ3) is 5.01. The number of aliphatic hydroxyl groups is 1. The van der Waals surface area contributed by atoms with Crippen LogP contribution in [0.1, 0.15) is 26.7 Å². The van der Waals surface area contributed by atoms with Crippen molar-refractivity contribution in [3.05, 3.63) is 67.8 Å². The van der Waals surface area contributed by atoms with Gasteiger partial charge < -0.3 is 19.8 Å². The van der Waals surface area contributed by atoms with Gasteiger partial charge >= 0.3 is 0 Å². The molecule has 7 nitrogen and oxygen atoms in total. The lowest BCUT2D eigenvalue weighted by atomic mass is 9.70.